The summed E-state index contributed by atoms with van der Waals surface area (Å²) >= 11 is 10.2. The Morgan fingerprint density at radius 2 is 0.964 bits per heavy atom. The van der Waals surface area contributed by atoms with Crippen molar-refractivity contribution in [2.24, 2.45) is 0 Å². The molecule has 0 spiro atoms. The highest BCUT2D eigenvalue weighted by Gasteiger charge is 2.48. The molecule has 0 atom stereocenters. The number of benzene rings is 5. The molecule has 5 rings (SSSR count). The number of alkyl halides is 3. The third-order valence-electron chi connectivity index (χ3n) is 7.44. The molecule has 0 aliphatic carbocycles. The molecular weight excluding hydrogens is 944 g/mol. The molecule has 8 nitrogen and oxygen atoms in total. The monoisotopic (exact) mass is 980 g/mol. The largest absolute Gasteiger partial charge is 0.534 e. The first-order chi connectivity index (χ1) is 25.5. The lowest BCUT2D eigenvalue weighted by Crippen LogP contribution is -2.29. The van der Waals surface area contributed by atoms with Gasteiger partial charge in [0.25, 0.3) is 0 Å². The van der Waals surface area contributed by atoms with Crippen molar-refractivity contribution in [2.45, 2.75) is 54.5 Å². The van der Waals surface area contributed by atoms with Crippen LogP contribution in [-0.4, -0.2) is 36.2 Å². The second-order valence-corrected chi connectivity index (χ2v) is 15.9. The topological polar surface area (TPSA) is 152 Å². The Morgan fingerprint density at radius 1 is 0.625 bits per heavy atom. The van der Waals surface area contributed by atoms with Gasteiger partial charge >= 0.3 is 22.7 Å². The van der Waals surface area contributed by atoms with Gasteiger partial charge in [-0.05, 0) is 140 Å². The van der Waals surface area contributed by atoms with Crippen molar-refractivity contribution in [1.29, 1.82) is 10.5 Å². The number of aromatic hydroxyl groups is 1. The average molecular weight is 983 g/mol. The second kappa shape index (κ2) is 22.0. The van der Waals surface area contributed by atoms with E-state index in [-0.39, 0.29) is 13.2 Å². The fourth-order valence-electron chi connectivity index (χ4n) is 4.63. The Labute approximate surface area is 351 Å². The van der Waals surface area contributed by atoms with Crippen LogP contribution in [0.2, 0.25) is 0 Å². The summed E-state index contributed by atoms with van der Waals surface area (Å²) in [4.78, 5) is 0. The SMILES string of the molecule is C.Cc1cc(-c2ccc(C#N)cc2)cc(C)c1Br.Cc1cc(O)cc(C)c1Br.Cc1cc(OS(=O)(=O)C(F)(F)F)cc(C)c1Br.N#Cc1ccc(B(O)O)cc1. The van der Waals surface area contributed by atoms with E-state index in [2.05, 4.69) is 84.0 Å². The van der Waals surface area contributed by atoms with Gasteiger partial charge in [0.15, 0.2) is 0 Å². The maximum atomic E-state index is 12.1. The van der Waals surface area contributed by atoms with Crippen molar-refractivity contribution >= 4 is 70.5 Å². The first-order valence-electron chi connectivity index (χ1n) is 15.9. The summed E-state index contributed by atoms with van der Waals surface area (Å²) in [6, 6.07) is 28.0. The summed E-state index contributed by atoms with van der Waals surface area (Å²) in [5.74, 6) is -0.0290. The van der Waals surface area contributed by atoms with E-state index in [4.69, 9.17) is 25.7 Å². The number of aryl methyl sites for hydroxylation is 6. The smallest absolute Gasteiger partial charge is 0.508 e. The maximum absolute atomic E-state index is 12.1. The molecule has 0 saturated heterocycles. The number of phenolic OH excluding ortho intramolecular Hbond substituents is 1. The lowest BCUT2D eigenvalue weighted by molar-refractivity contribution is -0.0500. The summed E-state index contributed by atoms with van der Waals surface area (Å²) in [6.07, 6.45) is 0. The van der Waals surface area contributed by atoms with Crippen molar-refractivity contribution in [3.8, 4) is 34.8 Å². The Hall–Kier alpha value is -4.16. The third-order valence-corrected chi connectivity index (χ3v) is 12.2. The van der Waals surface area contributed by atoms with Gasteiger partial charge in [0.05, 0.1) is 23.3 Å². The van der Waals surface area contributed by atoms with Crippen LogP contribution in [0.3, 0.4) is 0 Å². The van der Waals surface area contributed by atoms with E-state index in [0.717, 1.165) is 25.6 Å². The molecule has 0 aliphatic heterocycles. The van der Waals surface area contributed by atoms with Gasteiger partial charge in [-0.15, -0.1) is 0 Å². The normalized spacial score (nSPS) is 10.4. The van der Waals surface area contributed by atoms with E-state index in [0.29, 0.717) is 37.9 Å². The van der Waals surface area contributed by atoms with Crippen LogP contribution in [-0.2, 0) is 10.1 Å². The van der Waals surface area contributed by atoms with Crippen LogP contribution in [0.4, 0.5) is 13.2 Å². The molecule has 0 bridgehead atoms. The number of hydrogen-bond acceptors (Lipinski definition) is 8. The van der Waals surface area contributed by atoms with E-state index in [1.807, 2.05) is 44.2 Å². The van der Waals surface area contributed by atoms with Gasteiger partial charge in [-0.25, -0.2) is 0 Å². The quantitative estimate of drug-likeness (QED) is 0.0915. The predicted molar refractivity (Wildman–Crippen MR) is 226 cm³/mol. The van der Waals surface area contributed by atoms with Gasteiger partial charge in [-0.2, -0.15) is 32.1 Å². The number of hydrogen-bond donors (Lipinski definition) is 3. The van der Waals surface area contributed by atoms with Crippen molar-refractivity contribution in [3.63, 3.8) is 0 Å². The number of rotatable bonds is 4. The number of nitrogens with zero attached hydrogens (tertiary/aromatic N) is 2. The van der Waals surface area contributed by atoms with E-state index in [1.165, 1.54) is 53.1 Å². The fourth-order valence-corrected chi connectivity index (χ4v) is 5.76. The molecule has 0 amide bonds. The molecule has 0 aliphatic rings. The summed E-state index contributed by atoms with van der Waals surface area (Å²) in [6.45, 7) is 11.3. The molecule has 0 aromatic heterocycles. The van der Waals surface area contributed by atoms with Crippen LogP contribution in [0.25, 0.3) is 11.1 Å². The average Bonchev–Trinajstić information content (AvgIpc) is 3.11. The highest BCUT2D eigenvalue weighted by molar-refractivity contribution is 9.11. The van der Waals surface area contributed by atoms with E-state index in [9.17, 15) is 21.6 Å². The molecule has 5 aromatic carbocycles. The minimum absolute atomic E-state index is 0. The highest BCUT2D eigenvalue weighted by Crippen LogP contribution is 2.32. The minimum Gasteiger partial charge on any atom is -0.508 e. The first kappa shape index (κ1) is 49.9. The van der Waals surface area contributed by atoms with Crippen molar-refractivity contribution in [1.82, 2.24) is 0 Å². The molecule has 56 heavy (non-hydrogen) atoms. The van der Waals surface area contributed by atoms with E-state index < -0.39 is 22.7 Å². The lowest BCUT2D eigenvalue weighted by atomic mass is 9.80. The second-order valence-electron chi connectivity index (χ2n) is 12.0. The van der Waals surface area contributed by atoms with Gasteiger partial charge in [0, 0.05) is 13.4 Å². The van der Waals surface area contributed by atoms with Crippen molar-refractivity contribution in [2.75, 3.05) is 0 Å². The zero-order valence-corrected chi connectivity index (χ0v) is 35.9. The van der Waals surface area contributed by atoms with Gasteiger partial charge in [0.1, 0.15) is 11.5 Å². The number of nitriles is 2. The van der Waals surface area contributed by atoms with Gasteiger partial charge in [-0.1, -0.05) is 91.6 Å². The molecule has 5 aromatic rings. The van der Waals surface area contributed by atoms with Crippen molar-refractivity contribution in [3.05, 3.63) is 143 Å². The lowest BCUT2D eigenvalue weighted by Gasteiger charge is -2.11. The van der Waals surface area contributed by atoms with Crippen LogP contribution < -0.4 is 9.65 Å². The Bertz CT molecular complexity index is 2240. The predicted octanol–water partition coefficient (Wildman–Crippen LogP) is 10.5. The van der Waals surface area contributed by atoms with Crippen LogP contribution >= 0.6 is 47.8 Å². The molecule has 296 valence electrons. The molecule has 0 heterocycles. The van der Waals surface area contributed by atoms with Crippen LogP contribution in [0.1, 0.15) is 51.9 Å². The summed E-state index contributed by atoms with van der Waals surface area (Å²) < 4.78 is 64.7. The molecule has 3 N–H and O–H groups in total. The summed E-state index contributed by atoms with van der Waals surface area (Å²) in [5, 5.41) is 43.6. The van der Waals surface area contributed by atoms with Gasteiger partial charge in [0.2, 0.25) is 0 Å². The van der Waals surface area contributed by atoms with E-state index >= 15 is 0 Å². The Kier molecular flexibility index (Phi) is 19.6. The first-order valence-corrected chi connectivity index (χ1v) is 19.7. The number of phenols is 1. The summed E-state index contributed by atoms with van der Waals surface area (Å²) in [7, 11) is -7.07. The standard InChI is InChI=1S/C15H12BrN.C9H8BrF3O3S.C8H9BrO.C7H6BNO2.CH4/c1-10-7-14(8-11(2)15(10)16)13-5-3-12(9-17)4-6-13;1-5-3-7(4-6(2)8(5)10)16-17(14,15)9(11,12)13;1-5-3-7(10)4-6(2)8(5)9;9-5-6-1-3-7(4-2-6)8(10)11;/h3-8H,1-2H3;3-4H,1-2H3;3-4,10H,1-2H3;1-4,10-11H;1H4. The van der Waals surface area contributed by atoms with Crippen LogP contribution in [0.5, 0.6) is 11.5 Å². The molecule has 0 fully saturated rings. The molecule has 0 unspecified atom stereocenters. The van der Waals surface area contributed by atoms with Crippen LogP contribution in [0.15, 0.2) is 98.3 Å². The van der Waals surface area contributed by atoms with Gasteiger partial charge < -0.3 is 19.3 Å². The zero-order chi connectivity index (χ0) is 41.8. The Balaban J connectivity index is 0.000000381. The summed E-state index contributed by atoms with van der Waals surface area (Å²) in [5.41, 5.74) is 4.24. The molecule has 0 saturated carbocycles. The third kappa shape index (κ3) is 14.7. The minimum atomic E-state index is -5.61. The zero-order valence-electron chi connectivity index (χ0n) is 30.3. The maximum Gasteiger partial charge on any atom is 0.534 e. The highest BCUT2D eigenvalue weighted by atomic mass is 79.9. The number of halogens is 6. The Morgan fingerprint density at radius 3 is 1.30 bits per heavy atom. The fraction of sp³-hybridized carbons (Fsp3) is 0.200. The molecule has 16 heteroatoms. The van der Waals surface area contributed by atoms with Crippen LogP contribution in [0, 0.1) is 64.2 Å². The van der Waals surface area contributed by atoms with Crippen molar-refractivity contribution < 1.29 is 40.9 Å². The van der Waals surface area contributed by atoms with E-state index in [1.54, 1.807) is 26.0 Å². The molecule has 0 radical (unpaired) electrons. The molecular formula is C40H39BBr3F3N2O6S. The van der Waals surface area contributed by atoms with Gasteiger partial charge in [-0.3, -0.25) is 0 Å².